The van der Waals surface area contributed by atoms with Crippen LogP contribution in [-0.4, -0.2) is 19.2 Å². The maximum Gasteiger partial charge on any atom is 0.127 e. The Morgan fingerprint density at radius 3 is 2.50 bits per heavy atom. The van der Waals surface area contributed by atoms with E-state index in [0.29, 0.717) is 5.75 Å². The van der Waals surface area contributed by atoms with Gasteiger partial charge >= 0.3 is 0 Å². The number of aromatic nitrogens is 1. The molecule has 0 aliphatic carbocycles. The predicted octanol–water partition coefficient (Wildman–Crippen LogP) is 1.96. The van der Waals surface area contributed by atoms with Gasteiger partial charge in [0.25, 0.3) is 0 Å². The van der Waals surface area contributed by atoms with Crippen molar-refractivity contribution in [1.82, 2.24) is 10.4 Å². The molecule has 1 aromatic heterocycles. The van der Waals surface area contributed by atoms with Crippen molar-refractivity contribution in [2.45, 2.75) is 13.0 Å². The van der Waals surface area contributed by atoms with E-state index in [-0.39, 0.29) is 6.04 Å². The number of nitrogens with two attached hydrogens (primary N) is 1. The van der Waals surface area contributed by atoms with Gasteiger partial charge in [-0.2, -0.15) is 0 Å². The zero-order valence-corrected chi connectivity index (χ0v) is 11.9. The number of ether oxygens (including phenoxy) is 2. The maximum absolute atomic E-state index is 5.70. The molecule has 0 bridgehead atoms. The van der Waals surface area contributed by atoms with Gasteiger partial charge in [0.2, 0.25) is 0 Å². The highest BCUT2D eigenvalue weighted by atomic mass is 16.5. The van der Waals surface area contributed by atoms with Crippen LogP contribution < -0.4 is 20.7 Å². The zero-order chi connectivity index (χ0) is 14.5. The van der Waals surface area contributed by atoms with Gasteiger partial charge in [-0.1, -0.05) is 6.07 Å². The number of hydrogen-bond donors (Lipinski definition) is 2. The van der Waals surface area contributed by atoms with E-state index in [1.54, 1.807) is 14.2 Å². The van der Waals surface area contributed by atoms with Gasteiger partial charge in [-0.05, 0) is 30.7 Å². The summed E-state index contributed by atoms with van der Waals surface area (Å²) in [6.45, 7) is 1.95. The number of hydrazine groups is 1. The van der Waals surface area contributed by atoms with Crippen LogP contribution >= 0.6 is 0 Å². The number of methoxy groups -OCH3 is 2. The van der Waals surface area contributed by atoms with E-state index in [2.05, 4.69) is 10.4 Å². The molecule has 0 spiro atoms. The molecular formula is C15H19N3O2. The van der Waals surface area contributed by atoms with Crippen LogP contribution in [0.25, 0.3) is 0 Å². The summed E-state index contributed by atoms with van der Waals surface area (Å²) in [5.74, 6) is 7.16. The molecule has 0 fully saturated rings. The summed E-state index contributed by atoms with van der Waals surface area (Å²) in [5, 5.41) is 0. The minimum Gasteiger partial charge on any atom is -0.497 e. The van der Waals surface area contributed by atoms with Crippen LogP contribution in [-0.2, 0) is 0 Å². The summed E-state index contributed by atoms with van der Waals surface area (Å²) >= 11 is 0. The summed E-state index contributed by atoms with van der Waals surface area (Å²) in [6, 6.07) is 9.41. The van der Waals surface area contributed by atoms with Crippen molar-refractivity contribution in [2.24, 2.45) is 5.84 Å². The quantitative estimate of drug-likeness (QED) is 0.644. The van der Waals surface area contributed by atoms with E-state index in [9.17, 15) is 0 Å². The number of nitrogens with zero attached hydrogens (tertiary/aromatic N) is 1. The van der Waals surface area contributed by atoms with Gasteiger partial charge in [0.15, 0.2) is 0 Å². The Morgan fingerprint density at radius 1 is 1.15 bits per heavy atom. The molecule has 5 heteroatoms. The van der Waals surface area contributed by atoms with Gasteiger partial charge < -0.3 is 9.47 Å². The van der Waals surface area contributed by atoms with Crippen LogP contribution in [0.3, 0.4) is 0 Å². The Kier molecular flexibility index (Phi) is 4.55. The Labute approximate surface area is 118 Å². The topological polar surface area (TPSA) is 69.4 Å². The van der Waals surface area contributed by atoms with Crippen LogP contribution in [0.4, 0.5) is 0 Å². The average molecular weight is 273 g/mol. The number of rotatable bonds is 5. The zero-order valence-electron chi connectivity index (χ0n) is 11.9. The normalized spacial score (nSPS) is 12.0. The fourth-order valence-electron chi connectivity index (χ4n) is 2.07. The molecule has 0 aliphatic heterocycles. The highest BCUT2D eigenvalue weighted by Crippen LogP contribution is 2.32. The molecule has 0 aliphatic rings. The number of hydrogen-bond acceptors (Lipinski definition) is 5. The minimum atomic E-state index is -0.191. The van der Waals surface area contributed by atoms with Crippen LogP contribution in [0.2, 0.25) is 0 Å². The number of pyridine rings is 1. The van der Waals surface area contributed by atoms with Crippen molar-refractivity contribution < 1.29 is 9.47 Å². The van der Waals surface area contributed by atoms with Crippen LogP contribution in [0, 0.1) is 6.92 Å². The first-order valence-electron chi connectivity index (χ1n) is 6.30. The molecule has 0 radical (unpaired) electrons. The molecule has 0 saturated heterocycles. The van der Waals surface area contributed by atoms with Crippen molar-refractivity contribution >= 4 is 0 Å². The molecule has 1 heterocycles. The smallest absolute Gasteiger partial charge is 0.127 e. The Bertz CT molecular complexity index is 570. The lowest BCUT2D eigenvalue weighted by molar-refractivity contribution is 0.387. The third-order valence-electron chi connectivity index (χ3n) is 3.19. The summed E-state index contributed by atoms with van der Waals surface area (Å²) in [6.07, 6.45) is 1.81. The van der Waals surface area contributed by atoms with E-state index < -0.39 is 0 Å². The average Bonchev–Trinajstić information content (AvgIpc) is 2.50. The fourth-order valence-corrected chi connectivity index (χ4v) is 2.07. The van der Waals surface area contributed by atoms with Crippen molar-refractivity contribution in [3.8, 4) is 11.5 Å². The molecule has 20 heavy (non-hydrogen) atoms. The van der Waals surface area contributed by atoms with E-state index in [1.807, 2.05) is 43.5 Å². The third kappa shape index (κ3) is 2.89. The summed E-state index contributed by atoms with van der Waals surface area (Å²) in [5.41, 5.74) is 5.68. The van der Waals surface area contributed by atoms with Crippen LogP contribution in [0.5, 0.6) is 11.5 Å². The molecule has 106 valence electrons. The number of nitrogens with one attached hydrogen (secondary N) is 1. The first kappa shape index (κ1) is 14.3. The minimum absolute atomic E-state index is 0.191. The van der Waals surface area contributed by atoms with Crippen molar-refractivity contribution in [2.75, 3.05) is 14.2 Å². The van der Waals surface area contributed by atoms with Gasteiger partial charge in [0.05, 0.1) is 20.3 Å². The molecule has 0 saturated carbocycles. The Hall–Kier alpha value is -2.11. The van der Waals surface area contributed by atoms with Gasteiger partial charge in [0, 0.05) is 23.5 Å². The van der Waals surface area contributed by atoms with Gasteiger partial charge in [-0.3, -0.25) is 10.8 Å². The lowest BCUT2D eigenvalue weighted by atomic mass is 9.99. The first-order chi connectivity index (χ1) is 9.69. The predicted molar refractivity (Wildman–Crippen MR) is 77.7 cm³/mol. The monoisotopic (exact) mass is 273 g/mol. The van der Waals surface area contributed by atoms with Crippen molar-refractivity contribution in [1.29, 1.82) is 0 Å². The maximum atomic E-state index is 5.70. The van der Waals surface area contributed by atoms with Crippen molar-refractivity contribution in [3.63, 3.8) is 0 Å². The number of aryl methyl sites for hydroxylation is 1. The lowest BCUT2D eigenvalue weighted by Crippen LogP contribution is -2.29. The lowest BCUT2D eigenvalue weighted by Gasteiger charge is -2.20. The highest BCUT2D eigenvalue weighted by Gasteiger charge is 2.17. The van der Waals surface area contributed by atoms with E-state index in [0.717, 1.165) is 22.6 Å². The van der Waals surface area contributed by atoms with E-state index in [4.69, 9.17) is 15.3 Å². The molecule has 1 unspecified atom stereocenters. The number of benzene rings is 1. The second kappa shape index (κ2) is 6.36. The largest absolute Gasteiger partial charge is 0.497 e. The molecule has 1 atom stereocenters. The van der Waals surface area contributed by atoms with E-state index in [1.165, 1.54) is 0 Å². The van der Waals surface area contributed by atoms with Crippen LogP contribution in [0.1, 0.15) is 22.9 Å². The summed E-state index contributed by atoms with van der Waals surface area (Å²) in [4.78, 5) is 4.30. The standard InChI is InChI=1S/C15H19N3O2/c1-10-4-5-11(9-17-10)15(18-16)13-7-6-12(19-2)8-14(13)20-3/h4-9,15,18H,16H2,1-3H3. The second-order valence-corrected chi connectivity index (χ2v) is 4.44. The van der Waals surface area contributed by atoms with Crippen LogP contribution in [0.15, 0.2) is 36.5 Å². The highest BCUT2D eigenvalue weighted by molar-refractivity contribution is 5.45. The summed E-state index contributed by atoms with van der Waals surface area (Å²) < 4.78 is 10.6. The molecule has 1 aromatic carbocycles. The van der Waals surface area contributed by atoms with E-state index >= 15 is 0 Å². The molecular weight excluding hydrogens is 254 g/mol. The molecule has 3 N–H and O–H groups in total. The SMILES string of the molecule is COc1ccc(C(NN)c2ccc(C)nc2)c(OC)c1. The summed E-state index contributed by atoms with van der Waals surface area (Å²) in [7, 11) is 3.25. The van der Waals surface area contributed by atoms with Gasteiger partial charge in [0.1, 0.15) is 11.5 Å². The second-order valence-electron chi connectivity index (χ2n) is 4.44. The van der Waals surface area contributed by atoms with Crippen molar-refractivity contribution in [3.05, 3.63) is 53.3 Å². The molecule has 0 amide bonds. The molecule has 2 rings (SSSR count). The first-order valence-corrected chi connectivity index (χ1v) is 6.30. The fraction of sp³-hybridized carbons (Fsp3) is 0.267. The Morgan fingerprint density at radius 2 is 1.95 bits per heavy atom. The third-order valence-corrected chi connectivity index (χ3v) is 3.19. The van der Waals surface area contributed by atoms with Gasteiger partial charge in [-0.25, -0.2) is 5.43 Å². The molecule has 2 aromatic rings. The Balaban J connectivity index is 2.43. The van der Waals surface area contributed by atoms with Gasteiger partial charge in [-0.15, -0.1) is 0 Å². The molecule has 5 nitrogen and oxygen atoms in total.